The van der Waals surface area contributed by atoms with Crippen molar-refractivity contribution in [2.24, 2.45) is 0 Å². The molecule has 0 aliphatic rings. The zero-order chi connectivity index (χ0) is 11.2. The minimum atomic E-state index is 0.142. The molecule has 0 saturated carbocycles. The Labute approximate surface area is 106 Å². The molecule has 0 atom stereocenters. The van der Waals surface area contributed by atoms with E-state index in [1.165, 1.54) is 43.0 Å². The molecule has 0 aromatic rings. The molecule has 0 amide bonds. The molecule has 0 nitrogen and oxygen atoms in total. The average Bonchev–Trinajstić information content (AvgIpc) is 2.26. The van der Waals surface area contributed by atoms with Crippen LogP contribution < -0.4 is 0 Å². The fourth-order valence-corrected chi connectivity index (χ4v) is 3.31. The van der Waals surface area contributed by atoms with E-state index in [0.717, 1.165) is 6.42 Å². The molecule has 0 spiro atoms. The van der Waals surface area contributed by atoms with Gasteiger partial charge in [-0.1, -0.05) is 0 Å². The summed E-state index contributed by atoms with van der Waals surface area (Å²) in [5.41, 5.74) is 0. The summed E-state index contributed by atoms with van der Waals surface area (Å²) < 4.78 is 3.77. The molecule has 0 radical (unpaired) electrons. The first-order chi connectivity index (χ1) is 7.41. The number of unbranched alkanes of at least 4 members (excludes halogenated alkanes) is 5. The third-order valence-corrected chi connectivity index (χ3v) is 4.56. The Morgan fingerprint density at radius 3 is 2.53 bits per heavy atom. The van der Waals surface area contributed by atoms with Crippen molar-refractivity contribution in [3.8, 4) is 11.8 Å². The molecular weight excluding hydrogens is 296 g/mol. The summed E-state index contributed by atoms with van der Waals surface area (Å²) in [6.45, 7) is 4.50. The van der Waals surface area contributed by atoms with Crippen molar-refractivity contribution in [3.05, 3.63) is 10.2 Å². The Hall–Kier alpha value is 0.0896. The number of hydrogen-bond acceptors (Lipinski definition) is 0. The Bertz CT molecular complexity index is 195. The fourth-order valence-electron chi connectivity index (χ4n) is 1.15. The molecule has 0 bridgehead atoms. The summed E-state index contributed by atoms with van der Waals surface area (Å²) in [4.78, 5) is 0. The van der Waals surface area contributed by atoms with E-state index in [9.17, 15) is 0 Å². The van der Waals surface area contributed by atoms with Gasteiger partial charge >= 0.3 is 106 Å². The predicted molar refractivity (Wildman–Crippen MR) is 71.1 cm³/mol. The molecule has 0 aliphatic carbocycles. The van der Waals surface area contributed by atoms with Crippen LogP contribution in [0.25, 0.3) is 0 Å². The van der Waals surface area contributed by atoms with E-state index in [2.05, 4.69) is 35.9 Å². The maximum atomic E-state index is 3.22. The minimum absolute atomic E-state index is 0.142. The van der Waals surface area contributed by atoms with Gasteiger partial charge in [0.15, 0.2) is 0 Å². The van der Waals surface area contributed by atoms with Crippen molar-refractivity contribution in [2.75, 3.05) is 0 Å². The van der Waals surface area contributed by atoms with E-state index in [-0.39, 0.29) is 20.9 Å². The van der Waals surface area contributed by atoms with E-state index >= 15 is 0 Å². The molecule has 0 unspecified atom stereocenters. The van der Waals surface area contributed by atoms with Gasteiger partial charge in [-0.2, -0.15) is 0 Å². The number of hydrogen-bond donors (Lipinski definition) is 0. The van der Waals surface area contributed by atoms with Crippen LogP contribution in [-0.4, -0.2) is 20.9 Å². The molecule has 0 saturated heterocycles. The van der Waals surface area contributed by atoms with Crippen LogP contribution in [0.2, 0.25) is 4.47 Å². The topological polar surface area (TPSA) is 0 Å². The van der Waals surface area contributed by atoms with Crippen molar-refractivity contribution >= 4 is 20.9 Å². The average molecular weight is 320 g/mol. The van der Waals surface area contributed by atoms with Crippen LogP contribution in [0.5, 0.6) is 0 Å². The molecule has 0 aromatic heterocycles. The van der Waals surface area contributed by atoms with Crippen LogP contribution >= 0.6 is 0 Å². The SMILES string of the molecule is CCCCCCC#C/C=C\[Te]CCCC. The zero-order valence-electron chi connectivity index (χ0n) is 10.2. The molecule has 1 heteroatoms. The maximum absolute atomic E-state index is 3.22. The van der Waals surface area contributed by atoms with E-state index in [1.54, 1.807) is 0 Å². The van der Waals surface area contributed by atoms with E-state index in [0.29, 0.717) is 0 Å². The normalized spacial score (nSPS) is 10.3. The first-order valence-electron chi connectivity index (χ1n) is 6.16. The Kier molecular flexibility index (Phi) is 14.2. The van der Waals surface area contributed by atoms with Crippen LogP contribution in [0.4, 0.5) is 0 Å². The standard InChI is InChI=1S/C14H24Te/c1-3-5-7-8-9-10-11-12-14-15-13-6-4-2/h12,14H,3-9,13H2,1-2H3/b14-12-. The molecule has 0 aliphatic heterocycles. The van der Waals surface area contributed by atoms with Crippen molar-refractivity contribution in [1.82, 2.24) is 0 Å². The van der Waals surface area contributed by atoms with Gasteiger partial charge in [0.2, 0.25) is 0 Å². The van der Waals surface area contributed by atoms with E-state index in [1.807, 2.05) is 0 Å². The Balaban J connectivity index is 3.21. The second-order valence-corrected chi connectivity index (χ2v) is 6.55. The molecule has 0 aromatic carbocycles. The van der Waals surface area contributed by atoms with Gasteiger partial charge in [-0.3, -0.25) is 0 Å². The van der Waals surface area contributed by atoms with Crippen molar-refractivity contribution in [3.63, 3.8) is 0 Å². The van der Waals surface area contributed by atoms with Crippen LogP contribution in [0.3, 0.4) is 0 Å². The third kappa shape index (κ3) is 14.1. The van der Waals surface area contributed by atoms with Crippen LogP contribution in [0.15, 0.2) is 10.2 Å². The first kappa shape index (κ1) is 15.1. The van der Waals surface area contributed by atoms with Gasteiger partial charge in [0, 0.05) is 0 Å². The van der Waals surface area contributed by atoms with Crippen molar-refractivity contribution in [1.29, 1.82) is 0 Å². The summed E-state index contributed by atoms with van der Waals surface area (Å²) >= 11 is 0.142. The summed E-state index contributed by atoms with van der Waals surface area (Å²) in [6, 6.07) is 0. The predicted octanol–water partition coefficient (Wildman–Crippen LogP) is 4.40. The second kappa shape index (κ2) is 14.1. The van der Waals surface area contributed by atoms with Crippen LogP contribution in [0, 0.1) is 11.8 Å². The number of allylic oxidation sites excluding steroid dienone is 1. The Morgan fingerprint density at radius 2 is 1.80 bits per heavy atom. The molecule has 0 heterocycles. The Morgan fingerprint density at radius 1 is 1.00 bits per heavy atom. The van der Waals surface area contributed by atoms with Gasteiger partial charge in [-0.25, -0.2) is 0 Å². The molecule has 0 rings (SSSR count). The van der Waals surface area contributed by atoms with Crippen LogP contribution in [0.1, 0.15) is 58.8 Å². The molecule has 0 fully saturated rings. The fraction of sp³-hybridized carbons (Fsp3) is 0.714. The quantitative estimate of drug-likeness (QED) is 0.353. The van der Waals surface area contributed by atoms with Crippen molar-refractivity contribution in [2.45, 2.75) is 63.3 Å². The molecule has 0 N–H and O–H groups in total. The monoisotopic (exact) mass is 322 g/mol. The van der Waals surface area contributed by atoms with Crippen LogP contribution in [-0.2, 0) is 0 Å². The summed E-state index contributed by atoms with van der Waals surface area (Å²) in [7, 11) is 0. The van der Waals surface area contributed by atoms with Gasteiger partial charge < -0.3 is 0 Å². The van der Waals surface area contributed by atoms with Gasteiger partial charge in [-0.05, 0) is 0 Å². The molecule has 15 heavy (non-hydrogen) atoms. The first-order valence-corrected chi connectivity index (χ1v) is 9.16. The van der Waals surface area contributed by atoms with Gasteiger partial charge in [-0.15, -0.1) is 0 Å². The van der Waals surface area contributed by atoms with E-state index in [4.69, 9.17) is 0 Å². The summed E-state index contributed by atoms with van der Waals surface area (Å²) in [5.74, 6) is 6.36. The van der Waals surface area contributed by atoms with E-state index < -0.39 is 0 Å². The molecular formula is C14H24Te. The van der Waals surface area contributed by atoms with Crippen molar-refractivity contribution < 1.29 is 0 Å². The zero-order valence-corrected chi connectivity index (χ0v) is 12.6. The summed E-state index contributed by atoms with van der Waals surface area (Å²) in [5, 5.41) is 0. The summed E-state index contributed by atoms with van der Waals surface area (Å²) in [6.07, 6.45) is 11.2. The van der Waals surface area contributed by atoms with Gasteiger partial charge in [0.05, 0.1) is 0 Å². The molecule has 86 valence electrons. The third-order valence-electron chi connectivity index (χ3n) is 2.12. The van der Waals surface area contributed by atoms with Gasteiger partial charge in [0.25, 0.3) is 0 Å². The number of rotatable bonds is 8. The van der Waals surface area contributed by atoms with Gasteiger partial charge in [0.1, 0.15) is 0 Å². The second-order valence-electron chi connectivity index (χ2n) is 3.66.